The summed E-state index contributed by atoms with van der Waals surface area (Å²) in [5, 5.41) is 9.19. The van der Waals surface area contributed by atoms with Gasteiger partial charge in [0, 0.05) is 16.9 Å². The maximum absolute atomic E-state index is 11.5. The molecule has 2 aromatic carbocycles. The zero-order chi connectivity index (χ0) is 18.2. The summed E-state index contributed by atoms with van der Waals surface area (Å²) in [6, 6.07) is 19.8. The monoisotopic (exact) mass is 365 g/mol. The second-order valence-electron chi connectivity index (χ2n) is 5.43. The molecule has 0 saturated carbocycles. The number of hydrogen-bond donors (Lipinski definition) is 0. The van der Waals surface area contributed by atoms with Crippen LogP contribution < -0.4 is 0 Å². The van der Waals surface area contributed by atoms with Crippen LogP contribution in [-0.4, -0.2) is 33.5 Å². The minimum absolute atomic E-state index is 0.211. The molecule has 0 radical (unpaired) electrons. The molecular formula is C20H19N3O2S. The Labute approximate surface area is 156 Å². The minimum atomic E-state index is -0.211. The molecule has 3 aromatic rings. The number of esters is 1. The fourth-order valence-corrected chi connectivity index (χ4v) is 3.12. The Morgan fingerprint density at radius 3 is 2.15 bits per heavy atom. The highest BCUT2D eigenvalue weighted by atomic mass is 32.2. The molecule has 0 unspecified atom stereocenters. The number of thioether (sulfide) groups is 1. The zero-order valence-electron chi connectivity index (χ0n) is 14.5. The SMILES string of the molecule is CCOC(=O)CCSc1nnc(-c2ccccc2)c(-c2ccccc2)n1. The van der Waals surface area contributed by atoms with E-state index in [0.29, 0.717) is 23.9 Å². The van der Waals surface area contributed by atoms with Gasteiger partial charge in [0.2, 0.25) is 5.16 Å². The predicted molar refractivity (Wildman–Crippen MR) is 103 cm³/mol. The van der Waals surface area contributed by atoms with Crippen molar-refractivity contribution in [2.24, 2.45) is 0 Å². The van der Waals surface area contributed by atoms with Gasteiger partial charge in [-0.1, -0.05) is 72.4 Å². The summed E-state index contributed by atoms with van der Waals surface area (Å²) in [5.74, 6) is 0.344. The molecule has 0 saturated heterocycles. The summed E-state index contributed by atoms with van der Waals surface area (Å²) in [5.41, 5.74) is 3.47. The van der Waals surface area contributed by atoms with Crippen molar-refractivity contribution >= 4 is 17.7 Å². The van der Waals surface area contributed by atoms with Crippen molar-refractivity contribution in [1.82, 2.24) is 15.2 Å². The Bertz CT molecular complexity index is 857. The van der Waals surface area contributed by atoms with Crippen molar-refractivity contribution in [1.29, 1.82) is 0 Å². The second kappa shape index (κ2) is 9.10. The molecule has 26 heavy (non-hydrogen) atoms. The van der Waals surface area contributed by atoms with Crippen LogP contribution in [0.4, 0.5) is 0 Å². The first-order valence-corrected chi connectivity index (χ1v) is 9.40. The Balaban J connectivity index is 1.87. The quantitative estimate of drug-likeness (QED) is 0.461. The fraction of sp³-hybridized carbons (Fsp3) is 0.200. The van der Waals surface area contributed by atoms with Gasteiger partial charge in [-0.2, -0.15) is 0 Å². The summed E-state index contributed by atoms with van der Waals surface area (Å²) in [7, 11) is 0. The van der Waals surface area contributed by atoms with Gasteiger partial charge in [-0.25, -0.2) is 4.98 Å². The van der Waals surface area contributed by atoms with Gasteiger partial charge in [0.1, 0.15) is 11.4 Å². The molecule has 1 aromatic heterocycles. The highest BCUT2D eigenvalue weighted by molar-refractivity contribution is 7.99. The highest BCUT2D eigenvalue weighted by Crippen LogP contribution is 2.29. The average molecular weight is 365 g/mol. The van der Waals surface area contributed by atoms with Crippen molar-refractivity contribution in [3.8, 4) is 22.5 Å². The number of rotatable bonds is 7. The van der Waals surface area contributed by atoms with Crippen LogP contribution in [0, 0.1) is 0 Å². The zero-order valence-corrected chi connectivity index (χ0v) is 15.3. The molecule has 5 nitrogen and oxygen atoms in total. The lowest BCUT2D eigenvalue weighted by molar-refractivity contribution is -0.142. The van der Waals surface area contributed by atoms with Gasteiger partial charge in [0.15, 0.2) is 0 Å². The third kappa shape index (κ3) is 4.67. The van der Waals surface area contributed by atoms with E-state index in [4.69, 9.17) is 9.72 Å². The average Bonchev–Trinajstić information content (AvgIpc) is 2.69. The van der Waals surface area contributed by atoms with Crippen LogP contribution in [0.1, 0.15) is 13.3 Å². The number of nitrogens with zero attached hydrogens (tertiary/aromatic N) is 3. The normalized spacial score (nSPS) is 10.5. The first-order chi connectivity index (χ1) is 12.8. The Hall–Kier alpha value is -2.73. The third-order valence-corrected chi connectivity index (χ3v) is 4.44. The summed E-state index contributed by atoms with van der Waals surface area (Å²) in [4.78, 5) is 16.2. The molecule has 0 amide bonds. The van der Waals surface area contributed by atoms with Crippen molar-refractivity contribution in [3.05, 3.63) is 60.7 Å². The van der Waals surface area contributed by atoms with E-state index in [2.05, 4.69) is 10.2 Å². The number of aromatic nitrogens is 3. The molecule has 0 bridgehead atoms. The molecule has 0 spiro atoms. The van der Waals surface area contributed by atoms with Gasteiger partial charge in [0.05, 0.1) is 13.0 Å². The van der Waals surface area contributed by atoms with Crippen molar-refractivity contribution < 1.29 is 9.53 Å². The molecular weight excluding hydrogens is 346 g/mol. The van der Waals surface area contributed by atoms with Crippen LogP contribution in [0.5, 0.6) is 0 Å². The van der Waals surface area contributed by atoms with E-state index < -0.39 is 0 Å². The lowest BCUT2D eigenvalue weighted by atomic mass is 10.0. The Kier molecular flexibility index (Phi) is 6.33. The van der Waals surface area contributed by atoms with Crippen LogP contribution in [0.2, 0.25) is 0 Å². The summed E-state index contributed by atoms with van der Waals surface area (Å²) in [6.07, 6.45) is 0.322. The number of hydrogen-bond acceptors (Lipinski definition) is 6. The van der Waals surface area contributed by atoms with E-state index in [0.717, 1.165) is 22.5 Å². The fourth-order valence-electron chi connectivity index (χ4n) is 2.42. The first kappa shape index (κ1) is 18.1. The minimum Gasteiger partial charge on any atom is -0.466 e. The van der Waals surface area contributed by atoms with Crippen molar-refractivity contribution in [2.45, 2.75) is 18.5 Å². The topological polar surface area (TPSA) is 65.0 Å². The van der Waals surface area contributed by atoms with Gasteiger partial charge in [-0.05, 0) is 6.92 Å². The molecule has 6 heteroatoms. The Morgan fingerprint density at radius 1 is 0.923 bits per heavy atom. The second-order valence-corrected chi connectivity index (χ2v) is 6.49. The number of carbonyl (C=O) groups excluding carboxylic acids is 1. The molecule has 0 fully saturated rings. The molecule has 0 aliphatic rings. The molecule has 3 rings (SSSR count). The molecule has 0 aliphatic carbocycles. The smallest absolute Gasteiger partial charge is 0.306 e. The molecule has 0 atom stereocenters. The van der Waals surface area contributed by atoms with E-state index in [1.165, 1.54) is 11.8 Å². The Morgan fingerprint density at radius 2 is 1.54 bits per heavy atom. The van der Waals surface area contributed by atoms with Crippen LogP contribution in [0.3, 0.4) is 0 Å². The number of ether oxygens (including phenoxy) is 1. The van der Waals surface area contributed by atoms with Crippen molar-refractivity contribution in [2.75, 3.05) is 12.4 Å². The third-order valence-electron chi connectivity index (χ3n) is 3.60. The molecule has 1 heterocycles. The van der Waals surface area contributed by atoms with Gasteiger partial charge < -0.3 is 4.74 Å². The summed E-state index contributed by atoms with van der Waals surface area (Å²) in [6.45, 7) is 2.19. The molecule has 0 aliphatic heterocycles. The summed E-state index contributed by atoms with van der Waals surface area (Å²) >= 11 is 1.40. The van der Waals surface area contributed by atoms with Crippen LogP contribution >= 0.6 is 11.8 Å². The van der Waals surface area contributed by atoms with Crippen LogP contribution in [-0.2, 0) is 9.53 Å². The molecule has 0 N–H and O–H groups in total. The standard InChI is InChI=1S/C20H19N3O2S/c1-2-25-17(24)13-14-26-20-21-18(15-9-5-3-6-10-15)19(22-23-20)16-11-7-4-8-12-16/h3-12H,2,13-14H2,1H3. The lowest BCUT2D eigenvalue weighted by Gasteiger charge is -2.09. The van der Waals surface area contributed by atoms with Gasteiger partial charge in [-0.3, -0.25) is 4.79 Å². The van der Waals surface area contributed by atoms with Crippen molar-refractivity contribution in [3.63, 3.8) is 0 Å². The lowest BCUT2D eigenvalue weighted by Crippen LogP contribution is -2.05. The van der Waals surface area contributed by atoms with Crippen LogP contribution in [0.15, 0.2) is 65.8 Å². The summed E-state index contributed by atoms with van der Waals surface area (Å²) < 4.78 is 4.94. The largest absolute Gasteiger partial charge is 0.466 e. The maximum atomic E-state index is 11.5. The number of benzene rings is 2. The van der Waals surface area contributed by atoms with Crippen LogP contribution in [0.25, 0.3) is 22.5 Å². The van der Waals surface area contributed by atoms with E-state index in [1.807, 2.05) is 60.7 Å². The first-order valence-electron chi connectivity index (χ1n) is 8.42. The van der Waals surface area contributed by atoms with E-state index in [1.54, 1.807) is 6.92 Å². The van der Waals surface area contributed by atoms with Gasteiger partial charge in [-0.15, -0.1) is 10.2 Å². The number of carbonyl (C=O) groups is 1. The predicted octanol–water partition coefficient (Wildman–Crippen LogP) is 4.25. The van der Waals surface area contributed by atoms with Gasteiger partial charge >= 0.3 is 5.97 Å². The van der Waals surface area contributed by atoms with E-state index >= 15 is 0 Å². The van der Waals surface area contributed by atoms with Gasteiger partial charge in [0.25, 0.3) is 0 Å². The van der Waals surface area contributed by atoms with E-state index in [9.17, 15) is 4.79 Å². The maximum Gasteiger partial charge on any atom is 0.306 e. The highest BCUT2D eigenvalue weighted by Gasteiger charge is 2.14. The van der Waals surface area contributed by atoms with E-state index in [-0.39, 0.29) is 5.97 Å². The molecule has 132 valence electrons.